The molecule has 0 atom stereocenters. The molecular formula is C138H180N8. The van der Waals surface area contributed by atoms with E-state index in [4.69, 9.17) is 0 Å². The third kappa shape index (κ3) is 43.0. The van der Waals surface area contributed by atoms with Crippen LogP contribution in [0.25, 0.3) is 76.7 Å². The van der Waals surface area contributed by atoms with Crippen molar-refractivity contribution in [1.82, 2.24) is 39.1 Å². The Morgan fingerprint density at radius 1 is 0.233 bits per heavy atom. The minimum Gasteiger partial charge on any atom is -0.345 e. The van der Waals surface area contributed by atoms with Crippen molar-refractivity contribution >= 4 is 42.5 Å². The normalized spacial score (nSPS) is 11.4. The zero-order valence-electron chi connectivity index (χ0n) is 96.2. The molecule has 0 bridgehead atoms. The molecule has 8 heteroatoms. The van der Waals surface area contributed by atoms with Gasteiger partial charge in [-0.2, -0.15) is 10.2 Å². The van der Waals surface area contributed by atoms with Crippen molar-refractivity contribution in [3.63, 3.8) is 0 Å². The van der Waals surface area contributed by atoms with Crippen molar-refractivity contribution < 1.29 is 0 Å². The van der Waals surface area contributed by atoms with E-state index in [2.05, 4.69) is 567 Å². The molecule has 0 saturated carbocycles. The molecule has 15 aromatic rings. The number of aromatic amines is 1. The molecule has 0 radical (unpaired) electrons. The number of hydrogen-bond donors (Lipinski definition) is 1. The van der Waals surface area contributed by atoms with Crippen LogP contribution in [0.1, 0.15) is 334 Å². The summed E-state index contributed by atoms with van der Waals surface area (Å²) >= 11 is 0. The van der Waals surface area contributed by atoms with Crippen LogP contribution < -0.4 is 0 Å². The molecule has 0 saturated heterocycles. The van der Waals surface area contributed by atoms with Crippen molar-refractivity contribution in [3.05, 3.63) is 474 Å². The minimum absolute atomic E-state index is 0.207. The summed E-state index contributed by atoms with van der Waals surface area (Å²) in [5.41, 5.74) is 31.4. The maximum absolute atomic E-state index is 4.39. The second-order valence-corrected chi connectivity index (χ2v) is 48.4. The number of benzene rings is 11. The number of imidazole rings is 2. The highest BCUT2D eigenvalue weighted by atomic mass is 15.3. The van der Waals surface area contributed by atoms with E-state index >= 15 is 0 Å². The van der Waals surface area contributed by atoms with Gasteiger partial charge >= 0.3 is 0 Å². The summed E-state index contributed by atoms with van der Waals surface area (Å²) in [5, 5.41) is 8.58. The lowest BCUT2D eigenvalue weighted by Gasteiger charge is -2.19. The van der Waals surface area contributed by atoms with Gasteiger partial charge in [0.05, 0.1) is 17.1 Å². The van der Waals surface area contributed by atoms with Gasteiger partial charge in [-0.1, -0.05) is 560 Å². The standard InChI is InChI=1S/2C14H18N2.2C13H16N2.7C12H16/c1-14(2,3)12-7-5-11(6-8-12)13-15-9-10-16(13)4;1-11-9-10-16(15-11)13-7-5-12(6-8-13)14(2,3)4;1-13(2,3)11-5-7-12(8-6-11)15-10-4-9-14-15;1-13(2,3)11-6-4-10(5-7-11)12-14-8-9-15-12;3*1-5-10-6-8-11(9-7-10)12(2,3)4;4*1-5-10-7-6-8-11(9-10)12(2,3)4/h2*5-10H,1-4H3;4-10H,1-3H3;4-9H,1-3H3,(H,14,15);7*5-9H,1H2,2-4H3. The quantitative estimate of drug-likeness (QED) is 0.140. The van der Waals surface area contributed by atoms with Gasteiger partial charge in [0.2, 0.25) is 0 Å². The number of rotatable bonds is 11. The molecule has 0 aliphatic rings. The van der Waals surface area contributed by atoms with Gasteiger partial charge in [0.25, 0.3) is 0 Å². The summed E-state index contributed by atoms with van der Waals surface area (Å²) in [5.74, 6) is 1.94. The Labute approximate surface area is 886 Å². The molecule has 4 heterocycles. The van der Waals surface area contributed by atoms with E-state index in [1.165, 1.54) is 106 Å². The van der Waals surface area contributed by atoms with Crippen LogP contribution in [0.3, 0.4) is 0 Å². The van der Waals surface area contributed by atoms with E-state index in [9.17, 15) is 0 Å². The maximum atomic E-state index is 4.39. The topological polar surface area (TPSA) is 82.1 Å². The predicted molar refractivity (Wildman–Crippen MR) is 646 cm³/mol. The highest BCUT2D eigenvalue weighted by Gasteiger charge is 2.22. The van der Waals surface area contributed by atoms with Crippen molar-refractivity contribution in [3.8, 4) is 34.2 Å². The monoisotopic (exact) mass is 1950 g/mol. The number of nitrogens with zero attached hydrogens (tertiary/aromatic N) is 7. The fraction of sp³-hybridized carbons (Fsp3) is 0.333. The summed E-state index contributed by atoms with van der Waals surface area (Å²) in [6.45, 7) is 101. The zero-order chi connectivity index (χ0) is 110. The molecule has 0 aliphatic carbocycles. The van der Waals surface area contributed by atoms with Gasteiger partial charge in [-0.3, -0.25) is 0 Å². The number of aryl methyl sites for hydroxylation is 2. The van der Waals surface area contributed by atoms with Crippen molar-refractivity contribution in [2.45, 2.75) is 295 Å². The molecule has 0 unspecified atom stereocenters. The van der Waals surface area contributed by atoms with Crippen LogP contribution in [0.15, 0.2) is 368 Å². The maximum Gasteiger partial charge on any atom is 0.139 e. The lowest BCUT2D eigenvalue weighted by atomic mass is 9.86. The Bertz CT molecular complexity index is 5920. The lowest BCUT2D eigenvalue weighted by Crippen LogP contribution is -2.10. The van der Waals surface area contributed by atoms with E-state index in [0.717, 1.165) is 34.3 Å². The van der Waals surface area contributed by atoms with Crippen molar-refractivity contribution in [2.75, 3.05) is 0 Å². The second-order valence-electron chi connectivity index (χ2n) is 48.4. The van der Waals surface area contributed by atoms with E-state index in [0.29, 0.717) is 0 Å². The largest absolute Gasteiger partial charge is 0.345 e. The van der Waals surface area contributed by atoms with Crippen LogP contribution >= 0.6 is 0 Å². The van der Waals surface area contributed by atoms with Gasteiger partial charge < -0.3 is 9.55 Å². The summed E-state index contributed by atoms with van der Waals surface area (Å²) in [6, 6.07) is 97.9. The molecule has 4 aromatic heterocycles. The minimum atomic E-state index is 0.207. The van der Waals surface area contributed by atoms with Gasteiger partial charge in [0, 0.05) is 61.6 Å². The number of nitrogens with one attached hydrogen (secondary N) is 1. The number of hydrogen-bond acceptors (Lipinski definition) is 4. The summed E-state index contributed by atoms with van der Waals surface area (Å²) in [4.78, 5) is 11.7. The first-order chi connectivity index (χ1) is 67.8. The molecule has 0 aliphatic heterocycles. The Kier molecular flexibility index (Phi) is 46.4. The molecule has 11 aromatic carbocycles. The average Bonchev–Trinajstić information content (AvgIpc) is 1.66. The fourth-order valence-electron chi connectivity index (χ4n) is 14.4. The Morgan fingerprint density at radius 2 is 0.486 bits per heavy atom. The Hall–Kier alpha value is -13.6. The molecule has 0 amide bonds. The van der Waals surface area contributed by atoms with Gasteiger partial charge in [-0.05, 0) is 203 Å². The fourth-order valence-corrected chi connectivity index (χ4v) is 14.4. The second kappa shape index (κ2) is 55.1. The van der Waals surface area contributed by atoms with Gasteiger partial charge in [-0.15, -0.1) is 0 Å². The van der Waals surface area contributed by atoms with Crippen LogP contribution in [0.4, 0.5) is 0 Å². The van der Waals surface area contributed by atoms with Crippen molar-refractivity contribution in [1.29, 1.82) is 0 Å². The lowest BCUT2D eigenvalue weighted by molar-refractivity contribution is 0.589. The SMILES string of the molecule is C=Cc1ccc(C(C)(C)C)cc1.C=Cc1ccc(C(C)(C)C)cc1.C=Cc1ccc(C(C)(C)C)cc1.C=Cc1cccc(C(C)(C)C)c1.C=Cc1cccc(C(C)(C)C)c1.C=Cc1cccc(C(C)(C)C)c1.C=Cc1cccc(C(C)(C)C)c1.CC(C)(C)c1ccc(-c2ncc[nH]2)cc1.CC(C)(C)c1ccc(-n2cccn2)cc1.Cc1ccn(-c2ccc(C(C)(C)C)cc2)n1.Cn1ccnc1-c1ccc(C(C)(C)C)cc1. The van der Waals surface area contributed by atoms with Gasteiger partial charge in [-0.25, -0.2) is 19.3 Å². The van der Waals surface area contributed by atoms with E-state index in [-0.39, 0.29) is 59.6 Å². The summed E-state index contributed by atoms with van der Waals surface area (Å²) in [6.07, 6.45) is 26.3. The highest BCUT2D eigenvalue weighted by molar-refractivity contribution is 5.59. The smallest absolute Gasteiger partial charge is 0.139 e. The first-order valence-corrected chi connectivity index (χ1v) is 51.4. The van der Waals surface area contributed by atoms with Crippen LogP contribution in [0.2, 0.25) is 0 Å². The van der Waals surface area contributed by atoms with Crippen LogP contribution in [0, 0.1) is 6.92 Å². The van der Waals surface area contributed by atoms with E-state index < -0.39 is 0 Å². The zero-order valence-corrected chi connectivity index (χ0v) is 96.2. The third-order valence-electron chi connectivity index (χ3n) is 24.6. The van der Waals surface area contributed by atoms with Gasteiger partial charge in [0.15, 0.2) is 0 Å². The Morgan fingerprint density at radius 3 is 0.699 bits per heavy atom. The van der Waals surface area contributed by atoms with Crippen LogP contribution in [0.5, 0.6) is 0 Å². The average molecular weight is 1950 g/mol. The first-order valence-electron chi connectivity index (χ1n) is 51.4. The van der Waals surface area contributed by atoms with E-state index in [1.54, 1.807) is 12.4 Å². The van der Waals surface area contributed by atoms with Gasteiger partial charge in [0.1, 0.15) is 11.6 Å². The summed E-state index contributed by atoms with van der Waals surface area (Å²) < 4.78 is 5.81. The molecule has 1 N–H and O–H groups in total. The van der Waals surface area contributed by atoms with Crippen LogP contribution in [-0.4, -0.2) is 39.1 Å². The number of aromatic nitrogens is 8. The Balaban J connectivity index is 0.000000283. The molecule has 15 rings (SSSR count). The third-order valence-corrected chi connectivity index (χ3v) is 24.6. The molecule has 772 valence electrons. The highest BCUT2D eigenvalue weighted by Crippen LogP contribution is 2.33. The summed E-state index contributed by atoms with van der Waals surface area (Å²) in [7, 11) is 2.01. The van der Waals surface area contributed by atoms with E-state index in [1.807, 2.05) is 114 Å². The molecule has 8 nitrogen and oxygen atoms in total. The molecular weight excluding hydrogens is 1770 g/mol. The molecule has 0 spiro atoms. The molecule has 0 fully saturated rings. The molecule has 146 heavy (non-hydrogen) atoms. The first kappa shape index (κ1) is 123. The van der Waals surface area contributed by atoms with Crippen LogP contribution in [-0.2, 0) is 66.6 Å². The number of H-pyrrole nitrogens is 1. The predicted octanol–water partition coefficient (Wildman–Crippen LogP) is 38.8. The van der Waals surface area contributed by atoms with Crippen molar-refractivity contribution in [2.24, 2.45) is 7.05 Å².